The Morgan fingerprint density at radius 2 is 2.20 bits per heavy atom. The van der Waals surface area contributed by atoms with Gasteiger partial charge in [-0.2, -0.15) is 12.6 Å². The van der Waals surface area contributed by atoms with Gasteiger partial charge >= 0.3 is 0 Å². The van der Waals surface area contributed by atoms with E-state index in [1.165, 1.54) is 16.7 Å². The second kappa shape index (κ2) is 10.8. The Kier molecular flexibility index (Phi) is 9.03. The van der Waals surface area contributed by atoms with Crippen molar-refractivity contribution >= 4 is 41.9 Å². The van der Waals surface area contributed by atoms with E-state index in [9.17, 15) is 4.79 Å². The number of nitrogens with two attached hydrogens (primary N) is 1. The number of benzene rings is 1. The molecule has 5 nitrogen and oxygen atoms in total. The second-order valence-corrected chi connectivity index (χ2v) is 10.5. The highest BCUT2D eigenvalue weighted by molar-refractivity contribution is 8.07. The molecule has 1 aromatic carbocycles. The molecule has 7 heteroatoms. The molecule has 1 aliphatic heterocycles. The summed E-state index contributed by atoms with van der Waals surface area (Å²) in [6, 6.07) is 6.11. The lowest BCUT2D eigenvalue weighted by Crippen LogP contribution is -2.55. The summed E-state index contributed by atoms with van der Waals surface area (Å²) in [6.07, 6.45) is 4.09. The third kappa shape index (κ3) is 6.13. The topological polar surface area (TPSA) is 70.7 Å². The highest BCUT2D eigenvalue weighted by atomic mass is 32.2. The van der Waals surface area contributed by atoms with Gasteiger partial charge in [-0.25, -0.2) is 0 Å². The average molecular weight is 449 g/mol. The maximum absolute atomic E-state index is 12.8. The minimum atomic E-state index is -0.594. The summed E-state index contributed by atoms with van der Waals surface area (Å²) in [6.45, 7) is 13.8. The fourth-order valence-electron chi connectivity index (χ4n) is 3.77. The SMILES string of the molecule is C=N/C(C)=C(\SC)c1ccc(CNC[C@@H]2CCCN2C(=O)C(N)C(C)(C)S)c(C)c1. The summed E-state index contributed by atoms with van der Waals surface area (Å²) < 4.78 is -0.528. The number of aryl methyl sites for hydroxylation is 1. The first-order valence-electron chi connectivity index (χ1n) is 10.4. The molecule has 0 bridgehead atoms. The number of rotatable bonds is 9. The average Bonchev–Trinajstić information content (AvgIpc) is 3.16. The van der Waals surface area contributed by atoms with E-state index in [2.05, 4.69) is 61.0 Å². The minimum absolute atomic E-state index is 0.00223. The van der Waals surface area contributed by atoms with Crippen molar-refractivity contribution in [1.82, 2.24) is 10.2 Å². The zero-order valence-corrected chi connectivity index (χ0v) is 20.6. The van der Waals surface area contributed by atoms with Crippen LogP contribution in [0.5, 0.6) is 0 Å². The van der Waals surface area contributed by atoms with Crippen molar-refractivity contribution in [3.8, 4) is 0 Å². The zero-order chi connectivity index (χ0) is 22.5. The Labute approximate surface area is 191 Å². The number of hydrogen-bond donors (Lipinski definition) is 3. The van der Waals surface area contributed by atoms with E-state index in [-0.39, 0.29) is 11.9 Å². The lowest BCUT2D eigenvalue weighted by Gasteiger charge is -2.32. The number of carbonyl (C=O) groups excluding carboxylic acids is 1. The minimum Gasteiger partial charge on any atom is -0.337 e. The van der Waals surface area contributed by atoms with Crippen molar-refractivity contribution in [2.45, 2.75) is 63.9 Å². The maximum atomic E-state index is 12.8. The second-order valence-electron chi connectivity index (χ2n) is 8.51. The number of hydrogen-bond acceptors (Lipinski definition) is 6. The number of nitrogens with zero attached hydrogens (tertiary/aromatic N) is 2. The molecule has 166 valence electrons. The number of nitrogens with one attached hydrogen (secondary N) is 1. The van der Waals surface area contributed by atoms with Gasteiger partial charge in [-0.15, -0.1) is 11.8 Å². The van der Waals surface area contributed by atoms with Crippen LogP contribution in [0.25, 0.3) is 4.91 Å². The molecule has 0 radical (unpaired) electrons. The largest absolute Gasteiger partial charge is 0.337 e. The van der Waals surface area contributed by atoms with E-state index < -0.39 is 10.8 Å². The predicted molar refractivity (Wildman–Crippen MR) is 134 cm³/mol. The Hall–Kier alpha value is -1.28. The van der Waals surface area contributed by atoms with Gasteiger partial charge in [0.25, 0.3) is 0 Å². The van der Waals surface area contributed by atoms with E-state index in [0.29, 0.717) is 0 Å². The Balaban J connectivity index is 1.99. The first-order valence-corrected chi connectivity index (χ1v) is 12.1. The summed E-state index contributed by atoms with van der Waals surface area (Å²) in [5.74, 6) is 0.00223. The molecule has 1 fully saturated rings. The van der Waals surface area contributed by atoms with Crippen molar-refractivity contribution in [3.63, 3.8) is 0 Å². The van der Waals surface area contributed by atoms with Gasteiger partial charge in [0.2, 0.25) is 5.91 Å². The lowest BCUT2D eigenvalue weighted by molar-refractivity contribution is -0.133. The van der Waals surface area contributed by atoms with Crippen LogP contribution >= 0.6 is 24.4 Å². The van der Waals surface area contributed by atoms with Crippen LogP contribution in [0.4, 0.5) is 0 Å². The van der Waals surface area contributed by atoms with Crippen molar-refractivity contribution in [1.29, 1.82) is 0 Å². The summed E-state index contributed by atoms with van der Waals surface area (Å²) >= 11 is 6.18. The zero-order valence-electron chi connectivity index (χ0n) is 18.9. The number of thioether (sulfide) groups is 1. The molecule has 1 saturated heterocycles. The third-order valence-electron chi connectivity index (χ3n) is 5.76. The van der Waals surface area contributed by atoms with Gasteiger partial charge in [0.05, 0.1) is 11.7 Å². The van der Waals surface area contributed by atoms with Crippen molar-refractivity contribution in [2.75, 3.05) is 19.3 Å². The van der Waals surface area contributed by atoms with Crippen LogP contribution in [0.15, 0.2) is 28.9 Å². The van der Waals surface area contributed by atoms with Crippen LogP contribution in [-0.4, -0.2) is 53.7 Å². The van der Waals surface area contributed by atoms with Crippen LogP contribution < -0.4 is 11.1 Å². The molecule has 2 atom stereocenters. The molecule has 0 saturated carbocycles. The first-order chi connectivity index (χ1) is 14.1. The molecule has 3 N–H and O–H groups in total. The lowest BCUT2D eigenvalue weighted by atomic mass is 10.0. The van der Waals surface area contributed by atoms with Crippen LogP contribution in [0.3, 0.4) is 0 Å². The first kappa shape index (κ1) is 25.0. The van der Waals surface area contributed by atoms with Crippen LogP contribution in [0, 0.1) is 6.92 Å². The van der Waals surface area contributed by atoms with Crippen LogP contribution in [0.2, 0.25) is 0 Å². The standard InChI is InChI=1S/C23H36N4OS2/c1-15-12-17(20(30-6)16(2)25-5)9-10-18(15)13-26-14-19-8-7-11-27(19)22(28)21(24)23(3,4)29/h9-10,12,19,21,26,29H,5,7-8,11,13-14,24H2,1-4,6H3/b20-16-/t19-,21?/m0/s1. The monoisotopic (exact) mass is 448 g/mol. The van der Waals surface area contributed by atoms with Gasteiger partial charge in [0.15, 0.2) is 0 Å². The number of amides is 1. The van der Waals surface area contributed by atoms with Gasteiger partial charge in [-0.05, 0) is 70.2 Å². The van der Waals surface area contributed by atoms with E-state index in [1.807, 2.05) is 25.7 Å². The number of allylic oxidation sites excluding steroid dienone is 1. The molecule has 0 spiro atoms. The summed E-state index contributed by atoms with van der Waals surface area (Å²) in [5.41, 5.74) is 10.8. The number of carbonyl (C=O) groups is 1. The van der Waals surface area contributed by atoms with Crippen LogP contribution in [-0.2, 0) is 11.3 Å². The molecular formula is C23H36N4OS2. The highest BCUT2D eigenvalue weighted by Crippen LogP contribution is 2.30. The van der Waals surface area contributed by atoms with Gasteiger partial charge < -0.3 is 16.0 Å². The smallest absolute Gasteiger partial charge is 0.241 e. The Morgan fingerprint density at radius 1 is 1.50 bits per heavy atom. The van der Waals surface area contributed by atoms with Gasteiger partial charge in [0.1, 0.15) is 0 Å². The Bertz CT molecular complexity index is 801. The number of thiol groups is 1. The fraction of sp³-hybridized carbons (Fsp3) is 0.565. The number of aliphatic imine (C=N–C) groups is 1. The highest BCUT2D eigenvalue weighted by Gasteiger charge is 2.36. The molecule has 1 aliphatic rings. The van der Waals surface area contributed by atoms with Gasteiger partial charge in [0, 0.05) is 35.3 Å². The van der Waals surface area contributed by atoms with E-state index in [1.54, 1.807) is 11.8 Å². The third-order valence-corrected chi connectivity index (χ3v) is 6.97. The predicted octanol–water partition coefficient (Wildman–Crippen LogP) is 3.86. The molecule has 30 heavy (non-hydrogen) atoms. The fourth-order valence-corrected chi connectivity index (χ4v) is 4.61. The molecule has 1 heterocycles. The quantitative estimate of drug-likeness (QED) is 0.396. The van der Waals surface area contributed by atoms with Crippen molar-refractivity contribution in [2.24, 2.45) is 10.7 Å². The molecule has 0 aromatic heterocycles. The Morgan fingerprint density at radius 3 is 2.77 bits per heavy atom. The number of likely N-dealkylation sites (tertiary alicyclic amines) is 1. The van der Waals surface area contributed by atoms with Gasteiger partial charge in [-0.1, -0.05) is 18.2 Å². The van der Waals surface area contributed by atoms with Crippen LogP contribution in [0.1, 0.15) is 50.3 Å². The summed E-state index contributed by atoms with van der Waals surface area (Å²) in [4.78, 5) is 20.0. The molecular weight excluding hydrogens is 412 g/mol. The van der Waals surface area contributed by atoms with Crippen molar-refractivity contribution < 1.29 is 4.79 Å². The van der Waals surface area contributed by atoms with E-state index in [4.69, 9.17) is 5.73 Å². The van der Waals surface area contributed by atoms with E-state index >= 15 is 0 Å². The molecule has 1 aromatic rings. The molecule has 2 rings (SSSR count). The molecule has 0 aliphatic carbocycles. The maximum Gasteiger partial charge on any atom is 0.241 e. The van der Waals surface area contributed by atoms with Crippen molar-refractivity contribution in [3.05, 3.63) is 40.6 Å². The summed E-state index contributed by atoms with van der Waals surface area (Å²) in [5, 5.41) is 3.54. The van der Waals surface area contributed by atoms with Gasteiger partial charge in [-0.3, -0.25) is 9.79 Å². The molecule has 1 unspecified atom stereocenters. The summed E-state index contributed by atoms with van der Waals surface area (Å²) in [7, 11) is 0. The normalized spacial score (nSPS) is 18.9. The molecule has 1 amide bonds. The van der Waals surface area contributed by atoms with E-state index in [0.717, 1.165) is 43.1 Å².